The molecule has 114 valence electrons. The number of aryl methyl sites for hydroxylation is 1. The van der Waals surface area contributed by atoms with Crippen molar-refractivity contribution >= 4 is 38.1 Å². The summed E-state index contributed by atoms with van der Waals surface area (Å²) in [5.41, 5.74) is 2.95. The van der Waals surface area contributed by atoms with E-state index in [0.29, 0.717) is 0 Å². The molecule has 0 aliphatic carbocycles. The lowest BCUT2D eigenvalue weighted by atomic mass is 10.2. The number of rotatable bonds is 4. The van der Waals surface area contributed by atoms with Crippen LogP contribution >= 0.6 is 11.3 Å². The lowest BCUT2D eigenvalue weighted by Gasteiger charge is -2.14. The lowest BCUT2D eigenvalue weighted by molar-refractivity contribution is -0.627. The fourth-order valence-corrected chi connectivity index (χ4v) is 3.30. The molecule has 4 nitrogen and oxygen atoms in total. The van der Waals surface area contributed by atoms with Crippen molar-refractivity contribution in [1.82, 2.24) is 0 Å². The summed E-state index contributed by atoms with van der Waals surface area (Å²) in [4.78, 5) is 1.84. The highest BCUT2D eigenvalue weighted by atomic mass is 32.1. The molecule has 0 spiro atoms. The quantitative estimate of drug-likeness (QED) is 0.300. The highest BCUT2D eigenvalue weighted by Crippen LogP contribution is 2.27. The van der Waals surface area contributed by atoms with Gasteiger partial charge >= 0.3 is 5.13 Å². The highest BCUT2D eigenvalue weighted by molar-refractivity contribution is 7.21. The molecule has 1 aromatic heterocycles. The molecule has 0 atom stereocenters. The number of hydrogen-bond donors (Lipinski definition) is 0. The SMILES string of the molecule is C#CN(CC)c1ccc(N=Nc2sc3ccccc3[n+]2C)cc1. The molecule has 0 aliphatic heterocycles. The summed E-state index contributed by atoms with van der Waals surface area (Å²) in [6.45, 7) is 2.80. The van der Waals surface area contributed by atoms with Gasteiger partial charge in [-0.05, 0) is 59.8 Å². The molecule has 3 rings (SSSR count). The number of benzene rings is 2. The third-order valence-electron chi connectivity index (χ3n) is 3.60. The second kappa shape index (κ2) is 6.59. The number of hydrogen-bond acceptors (Lipinski definition) is 4. The number of fused-ring (bicyclic) bond motifs is 1. The Hall–Kier alpha value is -2.71. The van der Waals surface area contributed by atoms with Crippen molar-refractivity contribution < 1.29 is 4.57 Å². The van der Waals surface area contributed by atoms with E-state index in [2.05, 4.69) is 33.0 Å². The van der Waals surface area contributed by atoms with E-state index in [0.717, 1.165) is 28.6 Å². The summed E-state index contributed by atoms with van der Waals surface area (Å²) < 4.78 is 3.25. The van der Waals surface area contributed by atoms with Gasteiger partial charge in [0.15, 0.2) is 0 Å². The maximum atomic E-state index is 5.47. The number of thiazole rings is 1. The monoisotopic (exact) mass is 321 g/mol. The predicted molar refractivity (Wildman–Crippen MR) is 95.5 cm³/mol. The number of nitrogens with zero attached hydrogens (tertiary/aromatic N) is 4. The van der Waals surface area contributed by atoms with E-state index < -0.39 is 0 Å². The third kappa shape index (κ3) is 3.08. The van der Waals surface area contributed by atoms with Gasteiger partial charge in [-0.3, -0.25) is 0 Å². The largest absolute Gasteiger partial charge is 0.409 e. The molecule has 0 saturated heterocycles. The molecule has 0 fully saturated rings. The number of para-hydroxylation sites is 1. The highest BCUT2D eigenvalue weighted by Gasteiger charge is 2.15. The van der Waals surface area contributed by atoms with Crippen LogP contribution in [0.4, 0.5) is 16.5 Å². The summed E-state index contributed by atoms with van der Waals surface area (Å²) in [7, 11) is 2.00. The van der Waals surface area contributed by atoms with Gasteiger partial charge in [0.1, 0.15) is 11.2 Å². The summed E-state index contributed by atoms with van der Waals surface area (Å²) in [6, 6.07) is 18.6. The van der Waals surface area contributed by atoms with E-state index in [1.54, 1.807) is 11.3 Å². The van der Waals surface area contributed by atoms with Crippen LogP contribution < -0.4 is 9.47 Å². The molecule has 2 aromatic carbocycles. The molecule has 0 amide bonds. The molecular weight excluding hydrogens is 304 g/mol. The van der Waals surface area contributed by atoms with E-state index in [9.17, 15) is 0 Å². The number of azo groups is 1. The fraction of sp³-hybridized carbons (Fsp3) is 0.167. The van der Waals surface area contributed by atoms with Crippen LogP contribution in [0.2, 0.25) is 0 Å². The molecule has 0 bridgehead atoms. The van der Waals surface area contributed by atoms with Crippen molar-refractivity contribution in [3.8, 4) is 12.5 Å². The normalized spacial score (nSPS) is 11.0. The zero-order valence-corrected chi connectivity index (χ0v) is 13.9. The van der Waals surface area contributed by atoms with E-state index in [1.807, 2.05) is 55.3 Å². The van der Waals surface area contributed by atoms with Crippen molar-refractivity contribution in [2.24, 2.45) is 17.3 Å². The third-order valence-corrected chi connectivity index (χ3v) is 4.70. The first-order valence-corrected chi connectivity index (χ1v) is 8.17. The Labute approximate surface area is 139 Å². The van der Waals surface area contributed by atoms with Crippen molar-refractivity contribution in [3.05, 3.63) is 48.5 Å². The molecule has 23 heavy (non-hydrogen) atoms. The predicted octanol–water partition coefficient (Wildman–Crippen LogP) is 4.56. The van der Waals surface area contributed by atoms with Crippen molar-refractivity contribution in [3.63, 3.8) is 0 Å². The van der Waals surface area contributed by atoms with Crippen LogP contribution in [0.5, 0.6) is 0 Å². The summed E-state index contributed by atoms with van der Waals surface area (Å²) in [5.74, 6) is 0. The van der Waals surface area contributed by atoms with Gasteiger partial charge in [0, 0.05) is 18.3 Å². The van der Waals surface area contributed by atoms with E-state index >= 15 is 0 Å². The van der Waals surface area contributed by atoms with Gasteiger partial charge in [0.05, 0.1) is 16.9 Å². The first-order chi connectivity index (χ1) is 11.2. The minimum absolute atomic E-state index is 0.773. The summed E-state index contributed by atoms with van der Waals surface area (Å²) in [5, 5.41) is 9.58. The molecule has 0 N–H and O–H groups in total. The molecular formula is C18H17N4S+. The Bertz CT molecular complexity index is 888. The fourth-order valence-electron chi connectivity index (χ4n) is 2.33. The summed E-state index contributed by atoms with van der Waals surface area (Å²) in [6.07, 6.45) is 5.47. The molecule has 0 unspecified atom stereocenters. The second-order valence-corrected chi connectivity index (χ2v) is 6.01. The van der Waals surface area contributed by atoms with Crippen molar-refractivity contribution in [2.75, 3.05) is 11.4 Å². The summed E-state index contributed by atoms with van der Waals surface area (Å²) >= 11 is 1.63. The van der Waals surface area contributed by atoms with Gasteiger partial charge in [-0.15, -0.1) is 0 Å². The molecule has 0 radical (unpaired) electrons. The van der Waals surface area contributed by atoms with Crippen LogP contribution in [0.1, 0.15) is 6.92 Å². The van der Waals surface area contributed by atoms with Crippen LogP contribution in [0, 0.1) is 12.5 Å². The zero-order chi connectivity index (χ0) is 16.2. The smallest absolute Gasteiger partial charge is 0.302 e. The zero-order valence-electron chi connectivity index (χ0n) is 13.1. The standard InChI is InChI=1S/C18H17N4S/c1-4-22(5-2)15-12-10-14(11-13-15)19-20-18-21(3)16-8-6-7-9-17(16)23-18/h1,6-13H,5H2,2-3H3/q+1. The van der Waals surface area contributed by atoms with Crippen LogP contribution in [-0.4, -0.2) is 6.54 Å². The van der Waals surface area contributed by atoms with Gasteiger partial charge in [0.2, 0.25) is 0 Å². The van der Waals surface area contributed by atoms with Crippen LogP contribution in [0.3, 0.4) is 0 Å². The van der Waals surface area contributed by atoms with Gasteiger partial charge in [0.25, 0.3) is 0 Å². The minimum Gasteiger partial charge on any atom is -0.302 e. The number of anilines is 1. The maximum absolute atomic E-state index is 5.47. The van der Waals surface area contributed by atoms with Crippen molar-refractivity contribution in [2.45, 2.75) is 6.92 Å². The Balaban J connectivity index is 1.84. The Morgan fingerprint density at radius 3 is 2.52 bits per heavy atom. The van der Waals surface area contributed by atoms with Crippen LogP contribution in [0.15, 0.2) is 58.8 Å². The molecule has 1 heterocycles. The Morgan fingerprint density at radius 1 is 1.13 bits per heavy atom. The molecule has 5 heteroatoms. The number of terminal acetylenes is 1. The minimum atomic E-state index is 0.773. The van der Waals surface area contributed by atoms with Crippen LogP contribution in [0.25, 0.3) is 10.2 Å². The average molecular weight is 321 g/mol. The van der Waals surface area contributed by atoms with Gasteiger partial charge < -0.3 is 4.90 Å². The van der Waals surface area contributed by atoms with E-state index in [1.165, 1.54) is 4.70 Å². The second-order valence-electron chi connectivity index (χ2n) is 5.00. The van der Waals surface area contributed by atoms with Gasteiger partial charge in [-0.25, -0.2) is 4.57 Å². The van der Waals surface area contributed by atoms with Gasteiger partial charge in [-0.1, -0.05) is 18.6 Å². The van der Waals surface area contributed by atoms with E-state index in [4.69, 9.17) is 6.42 Å². The Morgan fingerprint density at radius 2 is 1.87 bits per heavy atom. The molecule has 3 aromatic rings. The first-order valence-electron chi connectivity index (χ1n) is 7.36. The average Bonchev–Trinajstić information content (AvgIpc) is 2.92. The topological polar surface area (TPSA) is 31.8 Å². The lowest BCUT2D eigenvalue weighted by Crippen LogP contribution is -2.25. The Kier molecular flexibility index (Phi) is 4.35. The van der Waals surface area contributed by atoms with E-state index in [-0.39, 0.29) is 0 Å². The van der Waals surface area contributed by atoms with Crippen LogP contribution in [-0.2, 0) is 7.05 Å². The molecule has 0 aliphatic rings. The van der Waals surface area contributed by atoms with Gasteiger partial charge in [-0.2, -0.15) is 0 Å². The maximum Gasteiger partial charge on any atom is 0.409 e. The molecule has 0 saturated carbocycles. The first kappa shape index (κ1) is 15.2. The number of aromatic nitrogens is 1. The van der Waals surface area contributed by atoms with Crippen molar-refractivity contribution in [1.29, 1.82) is 0 Å².